The van der Waals surface area contributed by atoms with Crippen LogP contribution in [-0.2, 0) is 14.3 Å². The molecular weight excluding hydrogens is 352 g/mol. The number of para-hydroxylation sites is 1. The van der Waals surface area contributed by atoms with Crippen molar-refractivity contribution in [3.05, 3.63) is 60.2 Å². The number of carbonyl (C=O) groups excluding carboxylic acids is 3. The first kappa shape index (κ1) is 19.8. The number of amides is 2. The summed E-state index contributed by atoms with van der Waals surface area (Å²) >= 11 is 0. The third-order valence-electron chi connectivity index (χ3n) is 3.24. The summed E-state index contributed by atoms with van der Waals surface area (Å²) in [6.07, 6.45) is 0. The molecule has 8 heteroatoms. The van der Waals surface area contributed by atoms with Crippen molar-refractivity contribution in [2.75, 3.05) is 26.4 Å². The number of hydrogen-bond donors (Lipinski definition) is 2. The monoisotopic (exact) mass is 372 g/mol. The molecule has 142 valence electrons. The summed E-state index contributed by atoms with van der Waals surface area (Å²) in [5.74, 6) is -0.574. The maximum Gasteiger partial charge on any atom is 0.338 e. The molecular formula is C19H20N2O6. The Morgan fingerprint density at radius 3 is 2.19 bits per heavy atom. The Kier molecular flexibility index (Phi) is 7.65. The van der Waals surface area contributed by atoms with Crippen LogP contribution in [0.25, 0.3) is 0 Å². The van der Waals surface area contributed by atoms with Crippen molar-refractivity contribution in [3.63, 3.8) is 0 Å². The molecule has 0 bridgehead atoms. The summed E-state index contributed by atoms with van der Waals surface area (Å²) in [5.41, 5.74) is 5.23. The fourth-order valence-electron chi connectivity index (χ4n) is 1.98. The number of rotatable bonds is 10. The van der Waals surface area contributed by atoms with Crippen LogP contribution in [0.1, 0.15) is 10.4 Å². The van der Waals surface area contributed by atoms with Gasteiger partial charge in [-0.2, -0.15) is 0 Å². The molecule has 0 aromatic heterocycles. The lowest BCUT2D eigenvalue weighted by atomic mass is 10.2. The molecule has 2 aromatic rings. The van der Waals surface area contributed by atoms with Crippen LogP contribution in [0.3, 0.4) is 0 Å². The summed E-state index contributed by atoms with van der Waals surface area (Å²) in [5, 5.41) is 2.59. The van der Waals surface area contributed by atoms with Crippen LogP contribution in [0.4, 0.5) is 0 Å². The molecule has 0 fully saturated rings. The molecule has 0 saturated carbocycles. The highest BCUT2D eigenvalue weighted by atomic mass is 16.5. The van der Waals surface area contributed by atoms with E-state index < -0.39 is 24.4 Å². The zero-order chi connectivity index (χ0) is 19.5. The number of ether oxygens (including phenoxy) is 3. The third-order valence-corrected chi connectivity index (χ3v) is 3.24. The van der Waals surface area contributed by atoms with Crippen molar-refractivity contribution in [1.29, 1.82) is 0 Å². The Labute approximate surface area is 156 Å². The van der Waals surface area contributed by atoms with Gasteiger partial charge < -0.3 is 25.3 Å². The number of carbonyl (C=O) groups is 3. The van der Waals surface area contributed by atoms with Crippen molar-refractivity contribution in [2.45, 2.75) is 0 Å². The highest BCUT2D eigenvalue weighted by Gasteiger charge is 2.10. The lowest BCUT2D eigenvalue weighted by Gasteiger charge is -2.08. The Morgan fingerprint density at radius 2 is 1.52 bits per heavy atom. The summed E-state index contributed by atoms with van der Waals surface area (Å²) in [6, 6.07) is 15.1. The molecule has 0 spiro atoms. The van der Waals surface area contributed by atoms with Gasteiger partial charge in [-0.15, -0.1) is 0 Å². The second-order valence-corrected chi connectivity index (χ2v) is 5.37. The van der Waals surface area contributed by atoms with Gasteiger partial charge in [0.05, 0.1) is 12.1 Å². The van der Waals surface area contributed by atoms with Crippen LogP contribution in [0, 0.1) is 0 Å². The largest absolute Gasteiger partial charge is 0.492 e. The van der Waals surface area contributed by atoms with Gasteiger partial charge in [0.2, 0.25) is 0 Å². The van der Waals surface area contributed by atoms with Crippen molar-refractivity contribution in [2.24, 2.45) is 5.73 Å². The van der Waals surface area contributed by atoms with Crippen LogP contribution in [0.5, 0.6) is 11.5 Å². The summed E-state index contributed by atoms with van der Waals surface area (Å²) < 4.78 is 15.5. The predicted molar refractivity (Wildman–Crippen MR) is 96.4 cm³/mol. The SMILES string of the molecule is NC(=O)COc1ccc(C(=O)OCC(=O)NCCOc2ccccc2)cc1. The first-order valence-corrected chi connectivity index (χ1v) is 8.17. The minimum absolute atomic E-state index is 0.252. The molecule has 0 atom stereocenters. The summed E-state index contributed by atoms with van der Waals surface area (Å²) in [7, 11) is 0. The number of nitrogens with one attached hydrogen (secondary N) is 1. The van der Waals surface area contributed by atoms with E-state index in [4.69, 9.17) is 19.9 Å². The fraction of sp³-hybridized carbons (Fsp3) is 0.211. The van der Waals surface area contributed by atoms with Gasteiger partial charge in [0.15, 0.2) is 13.2 Å². The average molecular weight is 372 g/mol. The zero-order valence-corrected chi connectivity index (χ0v) is 14.6. The maximum absolute atomic E-state index is 11.9. The number of hydrogen-bond acceptors (Lipinski definition) is 6. The lowest BCUT2D eigenvalue weighted by molar-refractivity contribution is -0.124. The minimum atomic E-state index is -0.646. The Bertz CT molecular complexity index is 762. The predicted octanol–water partition coefficient (Wildman–Crippen LogP) is 0.903. The normalized spacial score (nSPS) is 9.93. The van der Waals surface area contributed by atoms with E-state index in [0.717, 1.165) is 0 Å². The van der Waals surface area contributed by atoms with E-state index in [1.165, 1.54) is 24.3 Å². The zero-order valence-electron chi connectivity index (χ0n) is 14.6. The van der Waals surface area contributed by atoms with Crippen molar-refractivity contribution in [1.82, 2.24) is 5.32 Å². The first-order valence-electron chi connectivity index (χ1n) is 8.17. The molecule has 0 unspecified atom stereocenters. The van der Waals surface area contributed by atoms with E-state index in [9.17, 15) is 14.4 Å². The average Bonchev–Trinajstić information content (AvgIpc) is 2.69. The summed E-state index contributed by atoms with van der Waals surface area (Å²) in [6.45, 7) is -0.0598. The van der Waals surface area contributed by atoms with Crippen LogP contribution in [0.2, 0.25) is 0 Å². The van der Waals surface area contributed by atoms with E-state index in [2.05, 4.69) is 5.32 Å². The van der Waals surface area contributed by atoms with Crippen molar-refractivity contribution < 1.29 is 28.6 Å². The fourth-order valence-corrected chi connectivity index (χ4v) is 1.98. The molecule has 3 N–H and O–H groups in total. The highest BCUT2D eigenvalue weighted by molar-refractivity contribution is 5.91. The van der Waals surface area contributed by atoms with E-state index in [-0.39, 0.29) is 18.7 Å². The van der Waals surface area contributed by atoms with E-state index in [0.29, 0.717) is 18.1 Å². The molecule has 2 rings (SSSR count). The topological polar surface area (TPSA) is 117 Å². The molecule has 27 heavy (non-hydrogen) atoms. The molecule has 2 amide bonds. The highest BCUT2D eigenvalue weighted by Crippen LogP contribution is 2.12. The smallest absolute Gasteiger partial charge is 0.338 e. The van der Waals surface area contributed by atoms with Crippen molar-refractivity contribution >= 4 is 17.8 Å². The van der Waals surface area contributed by atoms with Crippen molar-refractivity contribution in [3.8, 4) is 11.5 Å². The standard InChI is InChI=1S/C19H20N2O6/c20-17(22)12-26-16-8-6-14(7-9-16)19(24)27-13-18(23)21-10-11-25-15-4-2-1-3-5-15/h1-9H,10-13H2,(H2,20,22)(H,21,23). The molecule has 0 aliphatic carbocycles. The molecule has 0 radical (unpaired) electrons. The van der Waals surface area contributed by atoms with Gasteiger partial charge in [-0.25, -0.2) is 4.79 Å². The second-order valence-electron chi connectivity index (χ2n) is 5.37. The minimum Gasteiger partial charge on any atom is -0.492 e. The molecule has 0 aliphatic rings. The molecule has 0 saturated heterocycles. The van der Waals surface area contributed by atoms with E-state index >= 15 is 0 Å². The Balaban J connectivity index is 1.65. The van der Waals surface area contributed by atoms with Gasteiger partial charge in [0.1, 0.15) is 18.1 Å². The second kappa shape index (κ2) is 10.4. The Hall–Kier alpha value is -3.55. The first-order chi connectivity index (χ1) is 13.0. The van der Waals surface area contributed by atoms with E-state index in [1.807, 2.05) is 30.3 Å². The van der Waals surface area contributed by atoms with Crippen LogP contribution in [0.15, 0.2) is 54.6 Å². The number of primary amides is 1. The lowest BCUT2D eigenvalue weighted by Crippen LogP contribution is -2.32. The van der Waals surface area contributed by atoms with Gasteiger partial charge >= 0.3 is 5.97 Å². The van der Waals surface area contributed by atoms with Crippen LogP contribution < -0.4 is 20.5 Å². The number of nitrogens with two attached hydrogens (primary N) is 1. The summed E-state index contributed by atoms with van der Waals surface area (Å²) in [4.78, 5) is 34.2. The number of benzene rings is 2. The third kappa shape index (κ3) is 7.47. The van der Waals surface area contributed by atoms with Crippen LogP contribution >= 0.6 is 0 Å². The molecule has 0 aliphatic heterocycles. The van der Waals surface area contributed by atoms with Gasteiger partial charge in [0, 0.05) is 0 Å². The molecule has 2 aromatic carbocycles. The van der Waals surface area contributed by atoms with Gasteiger partial charge in [-0.05, 0) is 36.4 Å². The Morgan fingerprint density at radius 1 is 0.852 bits per heavy atom. The number of esters is 1. The van der Waals surface area contributed by atoms with Gasteiger partial charge in [0.25, 0.3) is 11.8 Å². The maximum atomic E-state index is 11.9. The molecule has 0 heterocycles. The molecule has 8 nitrogen and oxygen atoms in total. The quantitative estimate of drug-likeness (QED) is 0.473. The van der Waals surface area contributed by atoms with Crippen LogP contribution in [-0.4, -0.2) is 44.1 Å². The van der Waals surface area contributed by atoms with Gasteiger partial charge in [-0.1, -0.05) is 18.2 Å². The van der Waals surface area contributed by atoms with Gasteiger partial charge in [-0.3, -0.25) is 9.59 Å². The van der Waals surface area contributed by atoms with E-state index in [1.54, 1.807) is 0 Å².